The molecule has 0 radical (unpaired) electrons. The first-order valence-electron chi connectivity index (χ1n) is 6.74. The molecule has 0 atom stereocenters. The Morgan fingerprint density at radius 3 is 2.68 bits per heavy atom. The molecule has 130 valence electrons. The molecule has 0 saturated heterocycles. The topological polar surface area (TPSA) is 128 Å². The molecule has 2 rings (SSSR count). The number of aromatic amines is 1. The van der Waals surface area contributed by atoms with Gasteiger partial charge in [0, 0.05) is 0 Å². The fourth-order valence-electron chi connectivity index (χ4n) is 1.70. The number of carbonyl (C=O) groups is 2. The van der Waals surface area contributed by atoms with E-state index in [9.17, 15) is 9.59 Å². The second-order valence-electron chi connectivity index (χ2n) is 4.28. The lowest BCUT2D eigenvalue weighted by molar-refractivity contribution is -0.114. The maximum atomic E-state index is 12.2. The quantitative estimate of drug-likeness (QED) is 0.465. The fraction of sp³-hybridized carbons (Fsp3) is 0.143. The van der Waals surface area contributed by atoms with Crippen molar-refractivity contribution >= 4 is 29.9 Å². The number of imide groups is 1. The molecule has 0 saturated carbocycles. The lowest BCUT2D eigenvalue weighted by Crippen LogP contribution is -2.36. The highest BCUT2D eigenvalue weighted by Gasteiger charge is 2.22. The van der Waals surface area contributed by atoms with Gasteiger partial charge < -0.3 is 14.3 Å². The summed E-state index contributed by atoms with van der Waals surface area (Å²) >= 11 is 4.90. The lowest BCUT2D eigenvalue weighted by atomic mass is 10.1. The van der Waals surface area contributed by atoms with E-state index in [0.717, 1.165) is 7.11 Å². The van der Waals surface area contributed by atoms with Gasteiger partial charge in [0.2, 0.25) is 4.77 Å². The van der Waals surface area contributed by atoms with Crippen LogP contribution < -0.4 is 10.1 Å². The van der Waals surface area contributed by atoms with Crippen molar-refractivity contribution in [2.24, 2.45) is 5.16 Å². The molecule has 1 heterocycles. The van der Waals surface area contributed by atoms with Crippen molar-refractivity contribution in [2.45, 2.75) is 0 Å². The smallest absolute Gasteiger partial charge is 0.413 e. The van der Waals surface area contributed by atoms with Crippen LogP contribution in [0.5, 0.6) is 11.8 Å². The summed E-state index contributed by atoms with van der Waals surface area (Å²) in [5.41, 5.74) is 0.0554. The van der Waals surface area contributed by atoms with Crippen LogP contribution in [0.4, 0.5) is 4.79 Å². The first-order valence-corrected chi connectivity index (χ1v) is 7.15. The largest absolute Gasteiger partial charge is 0.453 e. The zero-order chi connectivity index (χ0) is 18.2. The molecule has 0 fully saturated rings. The van der Waals surface area contributed by atoms with E-state index in [1.165, 1.54) is 13.4 Å². The molecule has 10 nitrogen and oxygen atoms in total. The third-order valence-corrected chi connectivity index (χ3v) is 2.92. The lowest BCUT2D eigenvalue weighted by Gasteiger charge is -2.11. The predicted molar refractivity (Wildman–Crippen MR) is 87.8 cm³/mol. The van der Waals surface area contributed by atoms with E-state index in [2.05, 4.69) is 29.7 Å². The molecule has 0 aliphatic rings. The van der Waals surface area contributed by atoms with Gasteiger partial charge in [-0.25, -0.2) is 9.78 Å². The molecule has 1 aromatic heterocycles. The van der Waals surface area contributed by atoms with E-state index >= 15 is 0 Å². The highest BCUT2D eigenvalue weighted by molar-refractivity contribution is 7.71. The standard InChI is InChI=1S/C14H13N5O5S/c1-22-14(21)17-11(20)10(19-23-2)8-5-3-4-6-9(8)24-12-15-7-16-13(25)18-12/h3-7H,1-2H3,(H,17,20,21)(H,15,16,18,25)/b19-10+. The Bertz CT molecular complexity index is 866. The number of hydrogen-bond donors (Lipinski definition) is 2. The molecule has 0 bridgehead atoms. The van der Waals surface area contributed by atoms with Gasteiger partial charge in [-0.3, -0.25) is 15.1 Å². The minimum absolute atomic E-state index is 0.0672. The van der Waals surface area contributed by atoms with Crippen LogP contribution in [0.1, 0.15) is 5.56 Å². The number of nitrogens with one attached hydrogen (secondary N) is 2. The van der Waals surface area contributed by atoms with Crippen LogP contribution >= 0.6 is 12.2 Å². The van der Waals surface area contributed by atoms with E-state index in [1.807, 2.05) is 5.32 Å². The highest BCUT2D eigenvalue weighted by atomic mass is 32.1. The van der Waals surface area contributed by atoms with E-state index in [1.54, 1.807) is 24.3 Å². The number of benzene rings is 1. The Labute approximate surface area is 146 Å². The SMILES string of the molecule is CO/N=C(/C(=O)NC(=O)OC)c1ccccc1Oc1ncnc(=S)[nH]1. The van der Waals surface area contributed by atoms with Gasteiger partial charge in [-0.15, -0.1) is 0 Å². The van der Waals surface area contributed by atoms with Crippen LogP contribution in [0.2, 0.25) is 0 Å². The summed E-state index contributed by atoms with van der Waals surface area (Å²) in [6.45, 7) is 0. The average Bonchev–Trinajstić information content (AvgIpc) is 2.60. The first-order chi connectivity index (χ1) is 12.0. The van der Waals surface area contributed by atoms with Crippen molar-refractivity contribution in [2.75, 3.05) is 14.2 Å². The van der Waals surface area contributed by atoms with Crippen LogP contribution in [0, 0.1) is 4.77 Å². The first kappa shape index (κ1) is 18.0. The van der Waals surface area contributed by atoms with Gasteiger partial charge in [0.25, 0.3) is 5.91 Å². The molecule has 0 aliphatic heterocycles. The number of rotatable bonds is 5. The number of ether oxygens (including phenoxy) is 2. The summed E-state index contributed by atoms with van der Waals surface area (Å²) in [6, 6.07) is 6.53. The zero-order valence-corrected chi connectivity index (χ0v) is 14.0. The van der Waals surface area contributed by atoms with Crippen LogP contribution in [0.3, 0.4) is 0 Å². The van der Waals surface area contributed by atoms with Gasteiger partial charge in [-0.1, -0.05) is 17.3 Å². The Kier molecular flexibility index (Phi) is 6.12. The summed E-state index contributed by atoms with van der Waals surface area (Å²) in [5, 5.41) is 5.65. The summed E-state index contributed by atoms with van der Waals surface area (Å²) in [5.74, 6) is -0.608. The maximum absolute atomic E-state index is 12.2. The van der Waals surface area contributed by atoms with E-state index in [0.29, 0.717) is 0 Å². The number of hydrogen-bond acceptors (Lipinski definition) is 9. The summed E-state index contributed by atoms with van der Waals surface area (Å²) < 4.78 is 10.2. The van der Waals surface area contributed by atoms with Gasteiger partial charge in [-0.05, 0) is 24.4 Å². The molecule has 1 aromatic carbocycles. The van der Waals surface area contributed by atoms with Crippen molar-refractivity contribution in [3.05, 3.63) is 40.9 Å². The number of amides is 2. The Balaban J connectivity index is 2.39. The number of alkyl carbamates (subject to hydrolysis) is 1. The Morgan fingerprint density at radius 1 is 1.24 bits per heavy atom. The van der Waals surface area contributed by atoms with Gasteiger partial charge in [-0.2, -0.15) is 4.98 Å². The van der Waals surface area contributed by atoms with Crippen LogP contribution in [0.25, 0.3) is 0 Å². The number of para-hydroxylation sites is 1. The summed E-state index contributed by atoms with van der Waals surface area (Å²) in [4.78, 5) is 38.5. The molecule has 2 aromatic rings. The van der Waals surface area contributed by atoms with Crippen molar-refractivity contribution < 1.29 is 23.9 Å². The molecule has 25 heavy (non-hydrogen) atoms. The number of methoxy groups -OCH3 is 1. The van der Waals surface area contributed by atoms with Gasteiger partial charge >= 0.3 is 12.1 Å². The second kappa shape index (κ2) is 8.49. The molecular weight excluding hydrogens is 350 g/mol. The molecule has 11 heteroatoms. The van der Waals surface area contributed by atoms with Crippen molar-refractivity contribution in [3.63, 3.8) is 0 Å². The molecule has 0 unspecified atom stereocenters. The monoisotopic (exact) mass is 363 g/mol. The van der Waals surface area contributed by atoms with Crippen LogP contribution in [0.15, 0.2) is 35.7 Å². The van der Waals surface area contributed by atoms with Crippen molar-refractivity contribution in [1.29, 1.82) is 0 Å². The van der Waals surface area contributed by atoms with Gasteiger partial charge in [0.15, 0.2) is 5.71 Å². The van der Waals surface area contributed by atoms with E-state index in [-0.39, 0.29) is 27.8 Å². The third kappa shape index (κ3) is 4.81. The molecule has 0 aliphatic carbocycles. The number of H-pyrrole nitrogens is 1. The summed E-state index contributed by atoms with van der Waals surface area (Å²) in [6.07, 6.45) is 0.289. The number of nitrogens with zero attached hydrogens (tertiary/aromatic N) is 3. The molecule has 0 spiro atoms. The minimum Gasteiger partial charge on any atom is -0.453 e. The summed E-state index contributed by atoms with van der Waals surface area (Å²) in [7, 11) is 2.39. The molecule has 2 N–H and O–H groups in total. The van der Waals surface area contributed by atoms with Crippen molar-refractivity contribution in [3.8, 4) is 11.8 Å². The minimum atomic E-state index is -0.938. The fourth-order valence-corrected chi connectivity index (χ4v) is 1.84. The normalized spacial score (nSPS) is 10.7. The third-order valence-electron chi connectivity index (χ3n) is 2.71. The highest BCUT2D eigenvalue weighted by Crippen LogP contribution is 2.23. The number of carbonyl (C=O) groups excluding carboxylic acids is 2. The van der Waals surface area contributed by atoms with Gasteiger partial charge in [0.1, 0.15) is 19.2 Å². The van der Waals surface area contributed by atoms with Crippen LogP contribution in [-0.4, -0.2) is 46.9 Å². The number of aromatic nitrogens is 3. The predicted octanol–water partition coefficient (Wildman–Crippen LogP) is 1.56. The second-order valence-corrected chi connectivity index (χ2v) is 4.66. The Morgan fingerprint density at radius 2 is 2.00 bits per heavy atom. The zero-order valence-electron chi connectivity index (χ0n) is 13.2. The van der Waals surface area contributed by atoms with Crippen molar-refractivity contribution in [1.82, 2.24) is 20.3 Å². The van der Waals surface area contributed by atoms with E-state index in [4.69, 9.17) is 17.0 Å². The van der Waals surface area contributed by atoms with Crippen LogP contribution in [-0.2, 0) is 14.4 Å². The Hall–Kier alpha value is -3.34. The maximum Gasteiger partial charge on any atom is 0.413 e. The van der Waals surface area contributed by atoms with Gasteiger partial charge in [0.05, 0.1) is 12.7 Å². The molecule has 2 amide bonds. The average molecular weight is 363 g/mol. The molecular formula is C14H13N5O5S. The van der Waals surface area contributed by atoms with E-state index < -0.39 is 12.0 Å². The number of oxime groups is 1.